The van der Waals surface area contributed by atoms with Gasteiger partial charge in [0.05, 0.1) is 18.8 Å². The maximum atomic E-state index is 11.3. The number of halogens is 1. The summed E-state index contributed by atoms with van der Waals surface area (Å²) in [6, 6.07) is 7.25. The normalized spacial score (nSPS) is 13.6. The molecule has 0 fully saturated rings. The van der Waals surface area contributed by atoms with Gasteiger partial charge in [0.25, 0.3) is 0 Å². The zero-order valence-corrected chi connectivity index (χ0v) is 14.1. The average Bonchev–Trinajstić information content (AvgIpc) is 2.96. The molecule has 0 amide bonds. The first kappa shape index (κ1) is 16.8. The summed E-state index contributed by atoms with van der Waals surface area (Å²) in [6.07, 6.45) is 0.348. The third-order valence-electron chi connectivity index (χ3n) is 2.98. The van der Waals surface area contributed by atoms with E-state index >= 15 is 0 Å². The number of esters is 1. The molecular weight excluding hydrogens is 324 g/mol. The number of nitrogens with zero attached hydrogens (tertiary/aromatic N) is 2. The number of aromatic nitrogens is 2. The second-order valence-corrected chi connectivity index (χ2v) is 7.05. The summed E-state index contributed by atoms with van der Waals surface area (Å²) in [5, 5.41) is 8.83. The molecule has 1 heterocycles. The Morgan fingerprint density at radius 1 is 1.41 bits per heavy atom. The van der Waals surface area contributed by atoms with Crippen LogP contribution in [0.5, 0.6) is 0 Å². The van der Waals surface area contributed by atoms with Gasteiger partial charge in [0, 0.05) is 15.8 Å². The van der Waals surface area contributed by atoms with Gasteiger partial charge in [-0.05, 0) is 25.1 Å². The van der Waals surface area contributed by atoms with Gasteiger partial charge in [-0.1, -0.05) is 24.6 Å². The minimum Gasteiger partial charge on any atom is -0.469 e. The number of thioether (sulfide) groups is 1. The Morgan fingerprint density at radius 3 is 2.86 bits per heavy atom. The van der Waals surface area contributed by atoms with Gasteiger partial charge in [0.1, 0.15) is 0 Å². The number of methoxy groups -OCH3 is 1. The molecule has 0 aliphatic carbocycles. The molecule has 0 N–H and O–H groups in total. The molecule has 0 unspecified atom stereocenters. The summed E-state index contributed by atoms with van der Waals surface area (Å²) >= 11 is 7.54. The average molecular weight is 341 g/mol. The highest BCUT2D eigenvalue weighted by atomic mass is 35.5. The molecule has 2 atom stereocenters. The fourth-order valence-electron chi connectivity index (χ4n) is 1.91. The van der Waals surface area contributed by atoms with Crippen molar-refractivity contribution in [3.8, 4) is 11.5 Å². The predicted molar refractivity (Wildman–Crippen MR) is 86.8 cm³/mol. The lowest BCUT2D eigenvalue weighted by Gasteiger charge is -2.13. The van der Waals surface area contributed by atoms with Crippen molar-refractivity contribution in [2.24, 2.45) is 0 Å². The Morgan fingerprint density at radius 2 is 2.18 bits per heavy atom. The Labute approximate surface area is 138 Å². The van der Waals surface area contributed by atoms with Crippen molar-refractivity contribution < 1.29 is 13.9 Å². The van der Waals surface area contributed by atoms with Crippen LogP contribution in [-0.4, -0.2) is 28.5 Å². The van der Waals surface area contributed by atoms with Crippen molar-refractivity contribution in [2.45, 2.75) is 30.8 Å². The third kappa shape index (κ3) is 4.48. The number of benzene rings is 1. The first-order chi connectivity index (χ1) is 10.5. The number of carbonyl (C=O) groups is 1. The van der Waals surface area contributed by atoms with E-state index in [-0.39, 0.29) is 16.5 Å². The van der Waals surface area contributed by atoms with Crippen LogP contribution in [0.25, 0.3) is 11.5 Å². The van der Waals surface area contributed by atoms with Crippen molar-refractivity contribution in [3.05, 3.63) is 35.2 Å². The quantitative estimate of drug-likeness (QED) is 0.736. The van der Waals surface area contributed by atoms with Crippen LogP contribution in [0.2, 0.25) is 5.02 Å². The second kappa shape index (κ2) is 7.65. The molecule has 1 aromatic heterocycles. The maximum absolute atomic E-state index is 11.3. The van der Waals surface area contributed by atoms with E-state index in [9.17, 15) is 4.79 Å². The molecule has 0 spiro atoms. The largest absolute Gasteiger partial charge is 0.469 e. The van der Waals surface area contributed by atoms with E-state index in [4.69, 9.17) is 16.0 Å². The highest BCUT2D eigenvalue weighted by Crippen LogP contribution is 2.33. The first-order valence-corrected chi connectivity index (χ1v) is 8.13. The van der Waals surface area contributed by atoms with E-state index in [2.05, 4.69) is 14.9 Å². The molecule has 0 bridgehead atoms. The van der Waals surface area contributed by atoms with E-state index in [1.807, 2.05) is 26.0 Å². The topological polar surface area (TPSA) is 65.2 Å². The molecule has 5 nitrogen and oxygen atoms in total. The van der Waals surface area contributed by atoms with Crippen LogP contribution in [0.3, 0.4) is 0 Å². The molecular formula is C15H17ClN2O3S. The van der Waals surface area contributed by atoms with Gasteiger partial charge in [-0.3, -0.25) is 4.79 Å². The number of rotatable bonds is 6. The van der Waals surface area contributed by atoms with Gasteiger partial charge in [-0.15, -0.1) is 22.0 Å². The van der Waals surface area contributed by atoms with Gasteiger partial charge < -0.3 is 9.15 Å². The van der Waals surface area contributed by atoms with Gasteiger partial charge >= 0.3 is 5.97 Å². The number of ether oxygens (including phenoxy) is 1. The SMILES string of the molecule is COC(=O)C[C@@H](C)S[C@H](C)c1nnc(-c2cccc(Cl)c2)o1. The summed E-state index contributed by atoms with van der Waals surface area (Å²) in [5.74, 6) is 0.736. The molecule has 118 valence electrons. The lowest BCUT2D eigenvalue weighted by atomic mass is 10.2. The van der Waals surface area contributed by atoms with Gasteiger partial charge in [-0.25, -0.2) is 0 Å². The van der Waals surface area contributed by atoms with Crippen LogP contribution in [0, 0.1) is 0 Å². The standard InChI is InChI=1S/C15H17ClN2O3S/c1-9(7-13(19)20-3)22-10(2)14-17-18-15(21-14)11-5-4-6-12(16)8-11/h4-6,8-10H,7H2,1-3H3/t9-,10-/m1/s1. The minimum absolute atomic E-state index is 0.0138. The summed E-state index contributed by atoms with van der Waals surface area (Å²) < 4.78 is 10.4. The molecule has 0 aliphatic rings. The summed E-state index contributed by atoms with van der Waals surface area (Å²) in [7, 11) is 1.39. The van der Waals surface area contributed by atoms with Crippen molar-refractivity contribution in [1.29, 1.82) is 0 Å². The molecule has 2 aromatic rings. The molecule has 1 aromatic carbocycles. The highest BCUT2D eigenvalue weighted by molar-refractivity contribution is 8.00. The fourth-order valence-corrected chi connectivity index (χ4v) is 3.24. The van der Waals surface area contributed by atoms with E-state index < -0.39 is 0 Å². The molecule has 2 rings (SSSR count). The fraction of sp³-hybridized carbons (Fsp3) is 0.400. The Hall–Kier alpha value is -1.53. The molecule has 22 heavy (non-hydrogen) atoms. The van der Waals surface area contributed by atoms with Gasteiger partial charge in [0.15, 0.2) is 0 Å². The van der Waals surface area contributed by atoms with Crippen LogP contribution in [0.15, 0.2) is 28.7 Å². The van der Waals surface area contributed by atoms with E-state index in [0.717, 1.165) is 5.56 Å². The van der Waals surface area contributed by atoms with Gasteiger partial charge in [0.2, 0.25) is 11.8 Å². The van der Waals surface area contributed by atoms with Crippen molar-refractivity contribution >= 4 is 29.3 Å². The molecule has 7 heteroatoms. The van der Waals surface area contributed by atoms with Crippen LogP contribution in [0.1, 0.15) is 31.4 Å². The van der Waals surface area contributed by atoms with Crippen LogP contribution >= 0.6 is 23.4 Å². The van der Waals surface area contributed by atoms with E-state index in [1.54, 1.807) is 23.9 Å². The first-order valence-electron chi connectivity index (χ1n) is 6.81. The molecule has 0 saturated heterocycles. The van der Waals surface area contributed by atoms with Gasteiger partial charge in [-0.2, -0.15) is 0 Å². The van der Waals surface area contributed by atoms with Crippen molar-refractivity contribution in [1.82, 2.24) is 10.2 Å². The smallest absolute Gasteiger partial charge is 0.306 e. The lowest BCUT2D eigenvalue weighted by Crippen LogP contribution is -2.09. The van der Waals surface area contributed by atoms with Crippen molar-refractivity contribution in [3.63, 3.8) is 0 Å². The number of hydrogen-bond donors (Lipinski definition) is 0. The Kier molecular flexibility index (Phi) is 5.85. The molecule has 0 radical (unpaired) electrons. The van der Waals surface area contributed by atoms with Crippen LogP contribution < -0.4 is 0 Å². The zero-order chi connectivity index (χ0) is 16.1. The number of carbonyl (C=O) groups excluding carboxylic acids is 1. The molecule has 0 saturated carbocycles. The van der Waals surface area contributed by atoms with Crippen LogP contribution in [0.4, 0.5) is 0 Å². The van der Waals surface area contributed by atoms with E-state index in [0.29, 0.717) is 23.2 Å². The number of hydrogen-bond acceptors (Lipinski definition) is 6. The third-order valence-corrected chi connectivity index (χ3v) is 4.45. The Balaban J connectivity index is 2.03. The summed E-state index contributed by atoms with van der Waals surface area (Å²) in [4.78, 5) is 11.3. The monoisotopic (exact) mass is 340 g/mol. The summed E-state index contributed by atoms with van der Waals surface area (Å²) in [6.45, 7) is 3.93. The van der Waals surface area contributed by atoms with Crippen molar-refractivity contribution in [2.75, 3.05) is 7.11 Å². The Bertz CT molecular complexity index is 647. The second-order valence-electron chi connectivity index (χ2n) is 4.82. The van der Waals surface area contributed by atoms with E-state index in [1.165, 1.54) is 7.11 Å². The minimum atomic E-state index is -0.225. The maximum Gasteiger partial charge on any atom is 0.306 e. The summed E-state index contributed by atoms with van der Waals surface area (Å²) in [5.41, 5.74) is 0.783. The zero-order valence-electron chi connectivity index (χ0n) is 12.6. The lowest BCUT2D eigenvalue weighted by molar-refractivity contribution is -0.140. The highest BCUT2D eigenvalue weighted by Gasteiger charge is 2.20. The predicted octanol–water partition coefficient (Wildman–Crippen LogP) is 4.14. The molecule has 0 aliphatic heterocycles. The van der Waals surface area contributed by atoms with Crippen LogP contribution in [-0.2, 0) is 9.53 Å².